The summed E-state index contributed by atoms with van der Waals surface area (Å²) in [5, 5.41) is 7.87. The van der Waals surface area contributed by atoms with Gasteiger partial charge in [0.1, 0.15) is 5.82 Å². The maximum Gasteiger partial charge on any atom is 0.225 e. The number of carbonyl (C=O) groups excluding carboxylic acids is 1. The van der Waals surface area contributed by atoms with E-state index < -0.39 is 0 Å². The fourth-order valence-electron chi connectivity index (χ4n) is 4.77. The average Bonchev–Trinajstić information content (AvgIpc) is 2.79. The molecule has 1 amide bonds. The number of anilines is 2. The molecule has 31 heavy (non-hydrogen) atoms. The van der Waals surface area contributed by atoms with Crippen molar-refractivity contribution in [1.29, 1.82) is 0 Å². The highest BCUT2D eigenvalue weighted by Crippen LogP contribution is 2.26. The van der Waals surface area contributed by atoms with Gasteiger partial charge in [0.05, 0.1) is 5.52 Å². The molecular formula is C24H36N6O. The summed E-state index contributed by atoms with van der Waals surface area (Å²) in [4.78, 5) is 26.3. The summed E-state index contributed by atoms with van der Waals surface area (Å²) in [7, 11) is 4.02. The van der Waals surface area contributed by atoms with E-state index in [0.29, 0.717) is 24.5 Å². The highest BCUT2D eigenvalue weighted by Gasteiger charge is 2.23. The van der Waals surface area contributed by atoms with Crippen LogP contribution in [0.2, 0.25) is 0 Å². The fraction of sp³-hybridized carbons (Fsp3) is 0.625. The summed E-state index contributed by atoms with van der Waals surface area (Å²) in [6.07, 6.45) is 8.54. The van der Waals surface area contributed by atoms with Gasteiger partial charge in [0.2, 0.25) is 11.9 Å². The Labute approximate surface area is 185 Å². The fourth-order valence-corrected chi connectivity index (χ4v) is 4.77. The molecule has 7 nitrogen and oxygen atoms in total. The number of benzene rings is 1. The van der Waals surface area contributed by atoms with Crippen molar-refractivity contribution < 1.29 is 4.79 Å². The zero-order valence-electron chi connectivity index (χ0n) is 18.9. The smallest absolute Gasteiger partial charge is 0.225 e. The Balaban J connectivity index is 1.26. The number of carbonyl (C=O) groups is 1. The van der Waals surface area contributed by atoms with Gasteiger partial charge in [-0.3, -0.25) is 4.79 Å². The van der Waals surface area contributed by atoms with Crippen molar-refractivity contribution in [3.8, 4) is 0 Å². The molecule has 0 unspecified atom stereocenters. The Kier molecular flexibility index (Phi) is 7.22. The number of hydrogen-bond donors (Lipinski definition) is 2. The highest BCUT2D eigenvalue weighted by molar-refractivity contribution is 5.90. The summed E-state index contributed by atoms with van der Waals surface area (Å²) < 4.78 is 0. The molecule has 0 atom stereocenters. The van der Waals surface area contributed by atoms with E-state index in [1.54, 1.807) is 0 Å². The number of piperidine rings is 1. The molecular weight excluding hydrogens is 388 g/mol. The minimum atomic E-state index is 0.204. The van der Waals surface area contributed by atoms with Crippen molar-refractivity contribution >= 4 is 28.6 Å². The molecule has 168 valence electrons. The molecule has 0 bridgehead atoms. The number of amides is 1. The number of nitrogens with one attached hydrogen (secondary N) is 2. The van der Waals surface area contributed by atoms with Crippen LogP contribution in [-0.4, -0.2) is 66.6 Å². The van der Waals surface area contributed by atoms with Gasteiger partial charge in [0.15, 0.2) is 0 Å². The van der Waals surface area contributed by atoms with Gasteiger partial charge in [-0.05, 0) is 63.7 Å². The van der Waals surface area contributed by atoms with Gasteiger partial charge in [0, 0.05) is 44.5 Å². The minimum absolute atomic E-state index is 0.204. The van der Waals surface area contributed by atoms with Gasteiger partial charge in [-0.25, -0.2) is 4.98 Å². The number of nitrogens with zero attached hydrogens (tertiary/aromatic N) is 4. The summed E-state index contributed by atoms with van der Waals surface area (Å²) in [5.41, 5.74) is 0.957. The van der Waals surface area contributed by atoms with E-state index in [0.717, 1.165) is 62.0 Å². The number of fused-ring (bicyclic) bond motifs is 1. The first kappa shape index (κ1) is 21.8. The number of hydrogen-bond acceptors (Lipinski definition) is 6. The Morgan fingerprint density at radius 2 is 1.74 bits per heavy atom. The molecule has 1 saturated carbocycles. The lowest BCUT2D eigenvalue weighted by Crippen LogP contribution is -2.41. The zero-order valence-corrected chi connectivity index (χ0v) is 18.9. The molecule has 4 rings (SSSR count). The van der Waals surface area contributed by atoms with Crippen LogP contribution in [0.4, 0.5) is 11.8 Å². The van der Waals surface area contributed by atoms with Crippen molar-refractivity contribution in [2.45, 2.75) is 63.5 Å². The topological polar surface area (TPSA) is 73.4 Å². The van der Waals surface area contributed by atoms with Crippen LogP contribution < -0.4 is 15.5 Å². The molecule has 2 aliphatic rings. The van der Waals surface area contributed by atoms with Gasteiger partial charge in [0.25, 0.3) is 0 Å². The first-order valence-corrected chi connectivity index (χ1v) is 11.8. The first-order chi connectivity index (χ1) is 15.1. The first-order valence-electron chi connectivity index (χ1n) is 11.8. The molecule has 7 heteroatoms. The normalized spacial score (nSPS) is 22.3. The van der Waals surface area contributed by atoms with Gasteiger partial charge in [-0.15, -0.1) is 0 Å². The van der Waals surface area contributed by atoms with E-state index in [2.05, 4.69) is 21.6 Å². The van der Waals surface area contributed by atoms with E-state index in [4.69, 9.17) is 9.97 Å². The third kappa shape index (κ3) is 5.85. The number of aromatic nitrogens is 2. The zero-order chi connectivity index (χ0) is 21.6. The average molecular weight is 425 g/mol. The lowest BCUT2D eigenvalue weighted by molar-refractivity contribution is -0.122. The predicted octanol–water partition coefficient (Wildman–Crippen LogP) is 3.41. The van der Waals surface area contributed by atoms with Gasteiger partial charge >= 0.3 is 0 Å². The molecule has 1 aromatic carbocycles. The molecule has 0 radical (unpaired) electrons. The van der Waals surface area contributed by atoms with E-state index in [9.17, 15) is 4.79 Å². The predicted molar refractivity (Wildman–Crippen MR) is 127 cm³/mol. The molecule has 1 aromatic heterocycles. The number of likely N-dealkylation sites (tertiary alicyclic amines) is 1. The molecule has 2 fully saturated rings. The Bertz CT molecular complexity index is 871. The highest BCUT2D eigenvalue weighted by atomic mass is 16.1. The van der Waals surface area contributed by atoms with Crippen LogP contribution in [0.25, 0.3) is 10.9 Å². The standard InChI is InChI=1S/C24H36N6O/c1-29(2)23-20-8-4-5-9-21(20)27-24(28-23)26-19-12-10-18(11-13-19)25-22(31)14-17-30-15-6-3-7-16-30/h4-5,8-9,18-19H,3,6-7,10-17H2,1-2H3,(H,25,31)(H,26,27,28). The van der Waals surface area contributed by atoms with E-state index >= 15 is 0 Å². The van der Waals surface area contributed by atoms with E-state index in [1.807, 2.05) is 37.2 Å². The SMILES string of the molecule is CN(C)c1nc(NC2CCC(NC(=O)CCN3CCCCC3)CC2)nc2ccccc12. The quantitative estimate of drug-likeness (QED) is 0.710. The van der Waals surface area contributed by atoms with Gasteiger partial charge < -0.3 is 20.4 Å². The second-order valence-electron chi connectivity index (χ2n) is 9.20. The molecule has 2 N–H and O–H groups in total. The molecule has 1 aliphatic carbocycles. The summed E-state index contributed by atoms with van der Waals surface area (Å²) >= 11 is 0. The molecule has 0 spiro atoms. The van der Waals surface area contributed by atoms with Crippen LogP contribution in [0, 0.1) is 0 Å². The lowest BCUT2D eigenvalue weighted by Gasteiger charge is -2.30. The number of para-hydroxylation sites is 1. The summed E-state index contributed by atoms with van der Waals surface area (Å²) in [5.74, 6) is 1.83. The Morgan fingerprint density at radius 1 is 1.03 bits per heavy atom. The third-order valence-corrected chi connectivity index (χ3v) is 6.54. The molecule has 1 saturated heterocycles. The third-order valence-electron chi connectivity index (χ3n) is 6.54. The number of rotatable bonds is 7. The van der Waals surface area contributed by atoms with Crippen molar-refractivity contribution in [3.05, 3.63) is 24.3 Å². The van der Waals surface area contributed by atoms with E-state index in [-0.39, 0.29) is 5.91 Å². The monoisotopic (exact) mass is 424 g/mol. The van der Waals surface area contributed by atoms with Crippen molar-refractivity contribution in [2.75, 3.05) is 43.9 Å². The van der Waals surface area contributed by atoms with Crippen LogP contribution in [0.1, 0.15) is 51.4 Å². The molecule has 2 aromatic rings. The van der Waals surface area contributed by atoms with Crippen molar-refractivity contribution in [3.63, 3.8) is 0 Å². The Morgan fingerprint density at radius 3 is 2.48 bits per heavy atom. The second kappa shape index (κ2) is 10.3. The van der Waals surface area contributed by atoms with Crippen LogP contribution in [0.15, 0.2) is 24.3 Å². The summed E-state index contributed by atoms with van der Waals surface area (Å²) in [6.45, 7) is 3.20. The maximum atomic E-state index is 12.4. The van der Waals surface area contributed by atoms with Gasteiger partial charge in [-0.2, -0.15) is 4.98 Å². The minimum Gasteiger partial charge on any atom is -0.362 e. The molecule has 2 heterocycles. The van der Waals surface area contributed by atoms with Crippen molar-refractivity contribution in [2.24, 2.45) is 0 Å². The Hall–Kier alpha value is -2.41. The second-order valence-corrected chi connectivity index (χ2v) is 9.20. The van der Waals surface area contributed by atoms with Crippen LogP contribution >= 0.6 is 0 Å². The largest absolute Gasteiger partial charge is 0.362 e. The summed E-state index contributed by atoms with van der Waals surface area (Å²) in [6, 6.07) is 8.77. The maximum absolute atomic E-state index is 12.4. The van der Waals surface area contributed by atoms with Crippen LogP contribution in [-0.2, 0) is 4.79 Å². The lowest BCUT2D eigenvalue weighted by atomic mass is 9.91. The van der Waals surface area contributed by atoms with Crippen LogP contribution in [0.3, 0.4) is 0 Å². The van der Waals surface area contributed by atoms with E-state index in [1.165, 1.54) is 19.3 Å². The van der Waals surface area contributed by atoms with Crippen molar-refractivity contribution in [1.82, 2.24) is 20.2 Å². The molecule has 1 aliphatic heterocycles. The van der Waals surface area contributed by atoms with Crippen LogP contribution in [0.5, 0.6) is 0 Å². The van der Waals surface area contributed by atoms with Gasteiger partial charge in [-0.1, -0.05) is 18.6 Å².